The van der Waals surface area contributed by atoms with Gasteiger partial charge in [0.05, 0.1) is 11.3 Å². The number of benzene rings is 1. The summed E-state index contributed by atoms with van der Waals surface area (Å²) in [7, 11) is 4.03. The van der Waals surface area contributed by atoms with Crippen molar-refractivity contribution in [3.63, 3.8) is 0 Å². The fourth-order valence-electron chi connectivity index (χ4n) is 4.41. The summed E-state index contributed by atoms with van der Waals surface area (Å²) in [5.74, 6) is 0.497. The van der Waals surface area contributed by atoms with Gasteiger partial charge in [0.2, 0.25) is 11.8 Å². The maximum absolute atomic E-state index is 12.7. The molecule has 0 radical (unpaired) electrons. The number of likely N-dealkylation sites (N-methyl/N-ethyl adjacent to an activating group) is 1. The fourth-order valence-corrected chi connectivity index (χ4v) is 4.41. The molecule has 4 rings (SSSR count). The van der Waals surface area contributed by atoms with Crippen molar-refractivity contribution in [2.45, 2.75) is 44.6 Å². The molecule has 1 unspecified atom stereocenters. The van der Waals surface area contributed by atoms with Gasteiger partial charge in [-0.3, -0.25) is 14.6 Å². The van der Waals surface area contributed by atoms with Crippen molar-refractivity contribution in [1.82, 2.24) is 20.2 Å². The number of nitrogens with zero attached hydrogens (tertiary/aromatic N) is 5. The Labute approximate surface area is 200 Å². The Morgan fingerprint density at radius 3 is 2.76 bits per heavy atom. The first-order valence-electron chi connectivity index (χ1n) is 12.0. The van der Waals surface area contributed by atoms with Crippen LogP contribution in [0.25, 0.3) is 0 Å². The third-order valence-corrected chi connectivity index (χ3v) is 6.26. The van der Waals surface area contributed by atoms with Crippen LogP contribution in [0.4, 0.5) is 17.3 Å². The Kier molecular flexibility index (Phi) is 7.84. The molecule has 0 spiro atoms. The van der Waals surface area contributed by atoms with Crippen LogP contribution in [0, 0.1) is 0 Å². The summed E-state index contributed by atoms with van der Waals surface area (Å²) < 4.78 is 0. The second-order valence-corrected chi connectivity index (χ2v) is 9.05. The van der Waals surface area contributed by atoms with Crippen molar-refractivity contribution < 1.29 is 9.59 Å². The van der Waals surface area contributed by atoms with Gasteiger partial charge in [-0.25, -0.2) is 9.97 Å². The molecule has 1 aromatic heterocycles. The molecule has 0 saturated carbocycles. The summed E-state index contributed by atoms with van der Waals surface area (Å²) >= 11 is 0. The number of rotatable bonds is 0. The van der Waals surface area contributed by atoms with E-state index in [9.17, 15) is 9.59 Å². The lowest BCUT2D eigenvalue weighted by atomic mass is 10.0. The SMILES string of the molecule is CN1CCCCCCC(=O)NCCN(C)c2ncnc3c2C(C=Nc2cccc(c2)C1)C(=O)N3. The molecule has 0 saturated heterocycles. The number of aromatic nitrogens is 2. The highest BCUT2D eigenvalue weighted by Gasteiger charge is 2.34. The van der Waals surface area contributed by atoms with Crippen LogP contribution in [0.2, 0.25) is 0 Å². The molecule has 34 heavy (non-hydrogen) atoms. The van der Waals surface area contributed by atoms with E-state index in [1.54, 1.807) is 6.21 Å². The normalized spacial score (nSPS) is 20.8. The predicted molar refractivity (Wildman–Crippen MR) is 134 cm³/mol. The van der Waals surface area contributed by atoms with Crippen LogP contribution in [0.5, 0.6) is 0 Å². The van der Waals surface area contributed by atoms with Crippen LogP contribution in [0.3, 0.4) is 0 Å². The highest BCUT2D eigenvalue weighted by Crippen LogP contribution is 2.36. The van der Waals surface area contributed by atoms with E-state index in [4.69, 9.17) is 0 Å². The van der Waals surface area contributed by atoms with Crippen molar-refractivity contribution in [1.29, 1.82) is 0 Å². The minimum atomic E-state index is -0.580. The lowest BCUT2D eigenvalue weighted by Gasteiger charge is -2.21. The van der Waals surface area contributed by atoms with Crippen LogP contribution >= 0.6 is 0 Å². The summed E-state index contributed by atoms with van der Waals surface area (Å²) in [5.41, 5.74) is 2.71. The smallest absolute Gasteiger partial charge is 0.238 e. The molecule has 2 aromatic rings. The molecular formula is C25H33N7O2. The number of carbonyl (C=O) groups excluding carboxylic acids is 2. The van der Waals surface area contributed by atoms with Crippen molar-refractivity contribution in [3.8, 4) is 0 Å². The predicted octanol–water partition coefficient (Wildman–Crippen LogP) is 2.86. The van der Waals surface area contributed by atoms with Crippen molar-refractivity contribution in [2.75, 3.05) is 43.9 Å². The van der Waals surface area contributed by atoms with Gasteiger partial charge in [-0.2, -0.15) is 0 Å². The van der Waals surface area contributed by atoms with Gasteiger partial charge in [0, 0.05) is 39.3 Å². The monoisotopic (exact) mass is 463 g/mol. The maximum Gasteiger partial charge on any atom is 0.238 e. The highest BCUT2D eigenvalue weighted by molar-refractivity contribution is 6.13. The molecule has 2 aliphatic heterocycles. The van der Waals surface area contributed by atoms with Gasteiger partial charge < -0.3 is 20.4 Å². The van der Waals surface area contributed by atoms with Gasteiger partial charge in [-0.1, -0.05) is 25.0 Å². The molecule has 9 heteroatoms. The Morgan fingerprint density at radius 1 is 1.03 bits per heavy atom. The zero-order valence-electron chi connectivity index (χ0n) is 20.0. The molecule has 2 bridgehead atoms. The van der Waals surface area contributed by atoms with Crippen molar-refractivity contribution in [2.24, 2.45) is 4.99 Å². The van der Waals surface area contributed by atoms with Gasteiger partial charge in [0.25, 0.3) is 0 Å². The maximum atomic E-state index is 12.7. The Balaban J connectivity index is 1.59. The molecule has 2 amide bonds. The van der Waals surface area contributed by atoms with Crippen LogP contribution in [-0.4, -0.2) is 66.6 Å². The van der Waals surface area contributed by atoms with Gasteiger partial charge in [-0.15, -0.1) is 0 Å². The van der Waals surface area contributed by atoms with E-state index in [2.05, 4.69) is 49.7 Å². The topological polar surface area (TPSA) is 103 Å². The number of hydrogen-bond donors (Lipinski definition) is 2. The van der Waals surface area contributed by atoms with E-state index in [-0.39, 0.29) is 11.8 Å². The fraction of sp³-hybridized carbons (Fsp3) is 0.480. The Bertz CT molecular complexity index is 1060. The molecule has 0 fully saturated rings. The summed E-state index contributed by atoms with van der Waals surface area (Å²) in [5, 5.41) is 5.84. The minimum Gasteiger partial charge on any atom is -0.357 e. The molecule has 9 nitrogen and oxygen atoms in total. The number of nitrogens with one attached hydrogen (secondary N) is 2. The van der Waals surface area contributed by atoms with E-state index in [1.165, 1.54) is 11.9 Å². The third-order valence-electron chi connectivity index (χ3n) is 6.26. The molecule has 1 aromatic carbocycles. The Morgan fingerprint density at radius 2 is 1.88 bits per heavy atom. The number of amides is 2. The number of carbonyl (C=O) groups is 2. The quantitative estimate of drug-likeness (QED) is 0.623. The van der Waals surface area contributed by atoms with E-state index >= 15 is 0 Å². The average molecular weight is 464 g/mol. The van der Waals surface area contributed by atoms with Crippen LogP contribution in [-0.2, 0) is 16.1 Å². The summed E-state index contributed by atoms with van der Waals surface area (Å²) in [6, 6.07) is 8.11. The molecule has 2 aliphatic rings. The molecule has 0 aliphatic carbocycles. The minimum absolute atomic E-state index is 0.0745. The highest BCUT2D eigenvalue weighted by atomic mass is 16.2. The van der Waals surface area contributed by atoms with E-state index < -0.39 is 5.92 Å². The largest absolute Gasteiger partial charge is 0.357 e. The second kappa shape index (κ2) is 11.2. The number of hydrogen-bond acceptors (Lipinski definition) is 7. The lowest BCUT2D eigenvalue weighted by molar-refractivity contribution is -0.121. The van der Waals surface area contributed by atoms with Gasteiger partial charge in [-0.05, 0) is 44.1 Å². The zero-order chi connectivity index (χ0) is 23.9. The summed E-state index contributed by atoms with van der Waals surface area (Å²) in [6.45, 7) is 2.92. The molecule has 180 valence electrons. The van der Waals surface area contributed by atoms with Crippen molar-refractivity contribution >= 4 is 35.4 Å². The molecule has 2 N–H and O–H groups in total. The lowest BCUT2D eigenvalue weighted by Crippen LogP contribution is -2.33. The van der Waals surface area contributed by atoms with Crippen LogP contribution in [0.15, 0.2) is 35.6 Å². The first kappa shape index (κ1) is 23.8. The summed E-state index contributed by atoms with van der Waals surface area (Å²) in [6.07, 6.45) is 7.86. The van der Waals surface area contributed by atoms with E-state index in [0.717, 1.165) is 44.5 Å². The van der Waals surface area contributed by atoms with Gasteiger partial charge in [0.15, 0.2) is 0 Å². The first-order valence-corrected chi connectivity index (χ1v) is 12.0. The molecule has 1 atom stereocenters. The van der Waals surface area contributed by atoms with E-state index in [0.29, 0.717) is 36.7 Å². The number of fused-ring (bicyclic) bond motifs is 2. The molecular weight excluding hydrogens is 430 g/mol. The third kappa shape index (κ3) is 5.96. The van der Waals surface area contributed by atoms with E-state index in [1.807, 2.05) is 24.1 Å². The summed E-state index contributed by atoms with van der Waals surface area (Å²) in [4.78, 5) is 42.5. The molecule has 3 heterocycles. The zero-order valence-corrected chi connectivity index (χ0v) is 20.0. The second-order valence-electron chi connectivity index (χ2n) is 9.05. The number of anilines is 2. The van der Waals surface area contributed by atoms with Gasteiger partial charge >= 0.3 is 0 Å². The van der Waals surface area contributed by atoms with Gasteiger partial charge in [0.1, 0.15) is 23.9 Å². The standard InChI is InChI=1S/C25H33N7O2/c1-31-12-6-4-3-5-10-21(33)26-11-13-32(2)24-22-20(25(34)30-23(22)28-17-29-24)15-27-19-9-7-8-18(14-19)16-31/h7-9,14-15,17,20H,3-6,10-13,16H2,1-2H3,(H,26,33)(H,28,29,30,34). The Hall–Kier alpha value is -3.33. The van der Waals surface area contributed by atoms with Crippen LogP contribution in [0.1, 0.15) is 49.1 Å². The number of aliphatic imine (C=N–C) groups is 1. The average Bonchev–Trinajstić information content (AvgIpc) is 3.14. The van der Waals surface area contributed by atoms with Crippen LogP contribution < -0.4 is 15.5 Å². The first-order chi connectivity index (χ1) is 16.5. The van der Waals surface area contributed by atoms with Crippen molar-refractivity contribution in [3.05, 3.63) is 41.7 Å².